The molecule has 0 aliphatic rings. The van der Waals surface area contributed by atoms with Crippen molar-refractivity contribution in [1.29, 1.82) is 0 Å². The van der Waals surface area contributed by atoms with E-state index in [1.165, 1.54) is 0 Å². The summed E-state index contributed by atoms with van der Waals surface area (Å²) in [4.78, 5) is 43.7. The number of aromatic carboxylic acids is 2. The van der Waals surface area contributed by atoms with Crippen LogP contribution >= 0.6 is 0 Å². The summed E-state index contributed by atoms with van der Waals surface area (Å²) in [6.07, 6.45) is 0. The van der Waals surface area contributed by atoms with Gasteiger partial charge in [-0.15, -0.1) is 0 Å². The third-order valence-electron chi connectivity index (χ3n) is 7.03. The number of carboxylic acids is 2. The van der Waals surface area contributed by atoms with Gasteiger partial charge in [0, 0.05) is 5.56 Å². The summed E-state index contributed by atoms with van der Waals surface area (Å²) in [5.74, 6) is -1.87. The molecule has 0 amide bonds. The maximum atomic E-state index is 11.9. The normalized spacial score (nSPS) is 9.57. The van der Waals surface area contributed by atoms with Crippen LogP contribution in [0.2, 0.25) is 0 Å². The van der Waals surface area contributed by atoms with Crippen molar-refractivity contribution >= 4 is 23.7 Å². The third-order valence-corrected chi connectivity index (χ3v) is 7.03. The van der Waals surface area contributed by atoms with E-state index in [0.29, 0.717) is 23.3 Å². The first-order chi connectivity index (χ1) is 23.5. The molecule has 5 rings (SSSR count). The highest BCUT2D eigenvalue weighted by atomic mass is 16.5. The first kappa shape index (κ1) is 43.2. The Bertz CT molecular complexity index is 1800. The van der Waals surface area contributed by atoms with Gasteiger partial charge in [0.15, 0.2) is 5.78 Å². The summed E-state index contributed by atoms with van der Waals surface area (Å²) in [6, 6.07) is 33.4. The molecule has 7 heteroatoms. The number of benzene rings is 5. The van der Waals surface area contributed by atoms with Crippen LogP contribution in [0.5, 0.6) is 0 Å². The fraction of sp³-hybridized carbons (Fsp3) is 0.227. The van der Waals surface area contributed by atoms with Crippen LogP contribution in [0.1, 0.15) is 100 Å². The van der Waals surface area contributed by atoms with E-state index in [1.807, 2.05) is 121 Å². The maximum Gasteiger partial charge on any atom is 0.338 e. The quantitative estimate of drug-likeness (QED) is 0.134. The Morgan fingerprint density at radius 2 is 0.863 bits per heavy atom. The first-order valence-corrected chi connectivity index (χ1v) is 16.0. The SMILES string of the molecule is C.CC(=O)c1cc(C)cc(C)c1.Cc1cc(C)cc(C(=O)O)c1.Cc1cc(C)cc(C(=O)OCc2ccccc2)c1.Cc1cccc(C(=O)O)c1. The van der Waals surface area contributed by atoms with E-state index in [4.69, 9.17) is 14.9 Å². The summed E-state index contributed by atoms with van der Waals surface area (Å²) in [7, 11) is 0. The fourth-order valence-corrected chi connectivity index (χ4v) is 4.95. The molecule has 0 bridgehead atoms. The molecule has 0 saturated carbocycles. The third kappa shape index (κ3) is 16.4. The lowest BCUT2D eigenvalue weighted by Gasteiger charge is -2.06. The molecule has 51 heavy (non-hydrogen) atoms. The van der Waals surface area contributed by atoms with E-state index in [-0.39, 0.29) is 19.2 Å². The topological polar surface area (TPSA) is 118 Å². The van der Waals surface area contributed by atoms with Crippen LogP contribution in [0.3, 0.4) is 0 Å². The summed E-state index contributed by atoms with van der Waals surface area (Å²) in [5, 5.41) is 17.1. The minimum absolute atomic E-state index is 0. The lowest BCUT2D eigenvalue weighted by Crippen LogP contribution is -2.05. The monoisotopic (exact) mass is 690 g/mol. The number of carboxylic acid groups (broad SMARTS) is 2. The number of carbonyl (C=O) groups excluding carboxylic acids is 2. The highest BCUT2D eigenvalue weighted by Gasteiger charge is 2.08. The number of carbonyl (C=O) groups is 4. The molecule has 0 spiro atoms. The van der Waals surface area contributed by atoms with Crippen molar-refractivity contribution in [3.8, 4) is 0 Å². The zero-order chi connectivity index (χ0) is 37.4. The first-order valence-electron chi connectivity index (χ1n) is 16.0. The Morgan fingerprint density at radius 3 is 1.24 bits per heavy atom. The Balaban J connectivity index is 0.000000349. The number of hydrogen-bond donors (Lipinski definition) is 2. The van der Waals surface area contributed by atoms with E-state index >= 15 is 0 Å². The number of esters is 1. The Kier molecular flexibility index (Phi) is 18.0. The van der Waals surface area contributed by atoms with Crippen LogP contribution in [-0.4, -0.2) is 33.9 Å². The minimum atomic E-state index is -0.872. The molecular formula is C44H50O7. The summed E-state index contributed by atoms with van der Waals surface area (Å²) < 4.78 is 5.29. The zero-order valence-electron chi connectivity index (χ0n) is 30.0. The van der Waals surface area contributed by atoms with E-state index in [2.05, 4.69) is 6.07 Å². The number of rotatable bonds is 6. The van der Waals surface area contributed by atoms with Gasteiger partial charge in [-0.3, -0.25) is 4.79 Å². The van der Waals surface area contributed by atoms with Gasteiger partial charge >= 0.3 is 17.9 Å². The number of ketones is 1. The molecule has 268 valence electrons. The van der Waals surface area contributed by atoms with Crippen LogP contribution in [0.4, 0.5) is 0 Å². The van der Waals surface area contributed by atoms with Gasteiger partial charge in [-0.1, -0.05) is 107 Å². The summed E-state index contributed by atoms with van der Waals surface area (Å²) in [5.41, 5.74) is 10.5. The van der Waals surface area contributed by atoms with Gasteiger partial charge in [0.2, 0.25) is 0 Å². The highest BCUT2D eigenvalue weighted by molar-refractivity contribution is 5.94. The molecule has 0 aromatic heterocycles. The Labute approximate surface area is 302 Å². The second-order valence-electron chi connectivity index (χ2n) is 12.2. The molecule has 0 aliphatic heterocycles. The van der Waals surface area contributed by atoms with E-state index < -0.39 is 11.9 Å². The molecule has 5 aromatic carbocycles. The van der Waals surface area contributed by atoms with Crippen molar-refractivity contribution in [3.05, 3.63) is 176 Å². The van der Waals surface area contributed by atoms with Crippen molar-refractivity contribution in [3.63, 3.8) is 0 Å². The Hall–Kier alpha value is -5.82. The zero-order valence-corrected chi connectivity index (χ0v) is 30.0. The van der Waals surface area contributed by atoms with E-state index in [1.54, 1.807) is 37.3 Å². The molecule has 7 nitrogen and oxygen atoms in total. The predicted molar refractivity (Wildman–Crippen MR) is 205 cm³/mol. The standard InChI is InChI=1S/C16H16O2.C10H12O.C9H10O2.C8H8O2.CH4/c1-12-8-13(2)10-15(9-12)16(17)18-11-14-6-4-3-5-7-14;1-7-4-8(2)6-10(5-7)9(3)11;1-6-3-7(2)5-8(4-6)9(10)11;1-6-3-2-4-7(5-6)8(9)10;/h3-10H,11H2,1-2H3;4-6H,1-3H3;3-5H,1-2H3,(H,10,11);2-5H,1H3,(H,9,10);1H4. The van der Waals surface area contributed by atoms with Crippen molar-refractivity contribution in [2.45, 2.75) is 69.4 Å². The summed E-state index contributed by atoms with van der Waals surface area (Å²) in [6.45, 7) is 15.5. The lowest BCUT2D eigenvalue weighted by molar-refractivity contribution is 0.0471. The lowest BCUT2D eigenvalue weighted by atomic mass is 10.1. The molecule has 0 atom stereocenters. The van der Waals surface area contributed by atoms with Crippen LogP contribution in [0, 0.1) is 48.5 Å². The minimum Gasteiger partial charge on any atom is -0.478 e. The van der Waals surface area contributed by atoms with Crippen molar-refractivity contribution in [2.75, 3.05) is 0 Å². The average Bonchev–Trinajstić information content (AvgIpc) is 3.03. The smallest absolute Gasteiger partial charge is 0.338 e. The number of Topliss-reactive ketones (excluding diaryl/α,β-unsaturated/α-hetero) is 1. The molecule has 0 aliphatic carbocycles. The highest BCUT2D eigenvalue weighted by Crippen LogP contribution is 2.12. The number of hydrogen-bond acceptors (Lipinski definition) is 5. The van der Waals surface area contributed by atoms with Gasteiger partial charge in [0.05, 0.1) is 16.7 Å². The number of aryl methyl sites for hydroxylation is 7. The van der Waals surface area contributed by atoms with Crippen molar-refractivity contribution in [2.24, 2.45) is 0 Å². The molecule has 2 N–H and O–H groups in total. The average molecular weight is 691 g/mol. The fourth-order valence-electron chi connectivity index (χ4n) is 4.95. The van der Waals surface area contributed by atoms with E-state index in [9.17, 15) is 19.2 Å². The maximum absolute atomic E-state index is 11.9. The van der Waals surface area contributed by atoms with Gasteiger partial charge in [0.25, 0.3) is 0 Å². The molecule has 0 unspecified atom stereocenters. The summed E-state index contributed by atoms with van der Waals surface area (Å²) >= 11 is 0. The molecular weight excluding hydrogens is 640 g/mol. The Morgan fingerprint density at radius 1 is 0.471 bits per heavy atom. The van der Waals surface area contributed by atoms with Crippen LogP contribution in [-0.2, 0) is 11.3 Å². The second-order valence-corrected chi connectivity index (χ2v) is 12.2. The predicted octanol–water partition coefficient (Wildman–Crippen LogP) is 10.5. The van der Waals surface area contributed by atoms with Crippen molar-refractivity contribution in [1.82, 2.24) is 0 Å². The second kappa shape index (κ2) is 21.3. The van der Waals surface area contributed by atoms with E-state index in [0.717, 1.165) is 50.1 Å². The molecule has 0 saturated heterocycles. The molecule has 0 heterocycles. The molecule has 5 aromatic rings. The van der Waals surface area contributed by atoms with Crippen LogP contribution in [0.25, 0.3) is 0 Å². The largest absolute Gasteiger partial charge is 0.478 e. The molecule has 0 fully saturated rings. The van der Waals surface area contributed by atoms with Gasteiger partial charge in [-0.2, -0.15) is 0 Å². The van der Waals surface area contributed by atoms with Crippen LogP contribution in [0.15, 0.2) is 109 Å². The number of ether oxygens (including phenoxy) is 1. The van der Waals surface area contributed by atoms with Gasteiger partial charge in [-0.25, -0.2) is 14.4 Å². The van der Waals surface area contributed by atoms with Gasteiger partial charge in [-0.05, 0) is 109 Å². The van der Waals surface area contributed by atoms with Gasteiger partial charge < -0.3 is 14.9 Å². The molecule has 0 radical (unpaired) electrons. The van der Waals surface area contributed by atoms with Crippen molar-refractivity contribution < 1.29 is 34.1 Å². The van der Waals surface area contributed by atoms with Gasteiger partial charge in [0.1, 0.15) is 6.61 Å². The van der Waals surface area contributed by atoms with Crippen LogP contribution < -0.4 is 0 Å².